The highest BCUT2D eigenvalue weighted by atomic mass is 16.5. The molecule has 0 unspecified atom stereocenters. The Kier molecular flexibility index (Phi) is 6.85. The normalized spacial score (nSPS) is 22.9. The molecule has 0 bridgehead atoms. The van der Waals surface area contributed by atoms with Crippen molar-refractivity contribution in [1.82, 2.24) is 16.0 Å². The molecular formula is C21H31N3O3. The van der Waals surface area contributed by atoms with Gasteiger partial charge < -0.3 is 20.7 Å². The van der Waals surface area contributed by atoms with E-state index in [4.69, 9.17) is 4.74 Å². The Morgan fingerprint density at radius 1 is 1.26 bits per heavy atom. The van der Waals surface area contributed by atoms with Crippen molar-refractivity contribution in [2.75, 3.05) is 13.2 Å². The predicted octanol–water partition coefficient (Wildman–Crippen LogP) is 1.53. The highest BCUT2D eigenvalue weighted by Crippen LogP contribution is 2.17. The summed E-state index contributed by atoms with van der Waals surface area (Å²) < 4.78 is 5.56. The number of hydrogen-bond acceptors (Lipinski definition) is 4. The fourth-order valence-electron chi connectivity index (χ4n) is 3.76. The van der Waals surface area contributed by atoms with Gasteiger partial charge in [0.25, 0.3) is 0 Å². The van der Waals surface area contributed by atoms with E-state index in [2.05, 4.69) is 41.9 Å². The van der Waals surface area contributed by atoms with E-state index < -0.39 is 6.04 Å². The first-order chi connectivity index (χ1) is 13.0. The van der Waals surface area contributed by atoms with Crippen LogP contribution in [0.4, 0.5) is 0 Å². The summed E-state index contributed by atoms with van der Waals surface area (Å²) >= 11 is 0. The molecule has 0 saturated carbocycles. The van der Waals surface area contributed by atoms with E-state index in [9.17, 15) is 9.59 Å². The molecule has 27 heavy (non-hydrogen) atoms. The quantitative estimate of drug-likeness (QED) is 0.677. The standard InChI is InChI=1S/C21H31N3O3/c1-14(2)10-19(20(25)23-13-17-8-5-9-27-17)24-21(26)18-11-15-6-3-4-7-16(15)12-22-18/h3-4,6-7,14,17-19,22H,5,8-13H2,1-2H3,(H,23,25)(H,24,26)/t17-,18+,19-/m1/s1. The predicted molar refractivity (Wildman–Crippen MR) is 104 cm³/mol. The maximum atomic E-state index is 12.8. The summed E-state index contributed by atoms with van der Waals surface area (Å²) in [6, 6.07) is 7.34. The average Bonchev–Trinajstić information content (AvgIpc) is 3.18. The van der Waals surface area contributed by atoms with E-state index >= 15 is 0 Å². The van der Waals surface area contributed by atoms with E-state index in [-0.39, 0.29) is 24.0 Å². The number of benzene rings is 1. The van der Waals surface area contributed by atoms with Crippen LogP contribution in [0.3, 0.4) is 0 Å². The Labute approximate surface area is 161 Å². The first-order valence-corrected chi connectivity index (χ1v) is 10.0. The second-order valence-electron chi connectivity index (χ2n) is 7.98. The first-order valence-electron chi connectivity index (χ1n) is 10.0. The minimum absolute atomic E-state index is 0.0980. The van der Waals surface area contributed by atoms with Gasteiger partial charge in [-0.25, -0.2) is 0 Å². The maximum Gasteiger partial charge on any atom is 0.242 e. The smallest absolute Gasteiger partial charge is 0.242 e. The number of hydrogen-bond donors (Lipinski definition) is 3. The number of nitrogens with one attached hydrogen (secondary N) is 3. The Balaban J connectivity index is 1.56. The van der Waals surface area contributed by atoms with Crippen LogP contribution in [0.2, 0.25) is 0 Å². The molecule has 3 atom stereocenters. The molecule has 1 fully saturated rings. The van der Waals surface area contributed by atoms with E-state index in [0.717, 1.165) is 19.4 Å². The number of amides is 2. The van der Waals surface area contributed by atoms with Crippen molar-refractivity contribution >= 4 is 11.8 Å². The summed E-state index contributed by atoms with van der Waals surface area (Å²) in [5, 5.41) is 9.21. The second kappa shape index (κ2) is 9.33. The summed E-state index contributed by atoms with van der Waals surface area (Å²) in [4.78, 5) is 25.4. The number of carbonyl (C=O) groups is 2. The summed E-state index contributed by atoms with van der Waals surface area (Å²) in [6.45, 7) is 6.07. The molecule has 1 saturated heterocycles. The summed E-state index contributed by atoms with van der Waals surface area (Å²) in [5.41, 5.74) is 2.43. The lowest BCUT2D eigenvalue weighted by atomic mass is 9.95. The van der Waals surface area contributed by atoms with Crippen molar-refractivity contribution < 1.29 is 14.3 Å². The maximum absolute atomic E-state index is 12.8. The Hall–Kier alpha value is -1.92. The minimum Gasteiger partial charge on any atom is -0.376 e. The van der Waals surface area contributed by atoms with Crippen molar-refractivity contribution in [1.29, 1.82) is 0 Å². The highest BCUT2D eigenvalue weighted by Gasteiger charge is 2.29. The van der Waals surface area contributed by atoms with Gasteiger partial charge in [-0.1, -0.05) is 38.1 Å². The van der Waals surface area contributed by atoms with Gasteiger partial charge in [-0.15, -0.1) is 0 Å². The van der Waals surface area contributed by atoms with Crippen molar-refractivity contribution in [2.45, 2.75) is 64.3 Å². The molecule has 1 aromatic carbocycles. The number of fused-ring (bicyclic) bond motifs is 1. The molecule has 2 amide bonds. The van der Waals surface area contributed by atoms with E-state index in [1.165, 1.54) is 11.1 Å². The lowest BCUT2D eigenvalue weighted by Crippen LogP contribution is -2.55. The third-order valence-electron chi connectivity index (χ3n) is 5.27. The van der Waals surface area contributed by atoms with Gasteiger partial charge in [0.05, 0.1) is 12.1 Å². The molecule has 6 heteroatoms. The Bertz CT molecular complexity index is 656. The monoisotopic (exact) mass is 373 g/mol. The molecule has 2 aliphatic rings. The van der Waals surface area contributed by atoms with Crippen LogP contribution in [0.5, 0.6) is 0 Å². The molecule has 6 nitrogen and oxygen atoms in total. The fourth-order valence-corrected chi connectivity index (χ4v) is 3.76. The van der Waals surface area contributed by atoms with Gasteiger partial charge in [0.1, 0.15) is 6.04 Å². The molecule has 148 valence electrons. The molecule has 0 radical (unpaired) electrons. The van der Waals surface area contributed by atoms with E-state index in [1.807, 2.05) is 12.1 Å². The SMILES string of the molecule is CC(C)C[C@@H](NC(=O)[C@@H]1Cc2ccccc2CN1)C(=O)NC[C@H]1CCCO1. The largest absolute Gasteiger partial charge is 0.376 e. The summed E-state index contributed by atoms with van der Waals surface area (Å²) in [6.07, 6.45) is 3.38. The van der Waals surface area contributed by atoms with Gasteiger partial charge in [0.15, 0.2) is 0 Å². The number of carbonyl (C=O) groups excluding carboxylic acids is 2. The van der Waals surface area contributed by atoms with Gasteiger partial charge in [-0.05, 0) is 42.7 Å². The van der Waals surface area contributed by atoms with Gasteiger partial charge in [-0.3, -0.25) is 9.59 Å². The lowest BCUT2D eigenvalue weighted by molar-refractivity contribution is -0.130. The molecule has 0 aliphatic carbocycles. The van der Waals surface area contributed by atoms with Crippen molar-refractivity contribution in [3.05, 3.63) is 35.4 Å². The molecule has 3 rings (SSSR count). The second-order valence-corrected chi connectivity index (χ2v) is 7.98. The number of ether oxygens (including phenoxy) is 1. The zero-order valence-electron chi connectivity index (χ0n) is 16.3. The van der Waals surface area contributed by atoms with Crippen molar-refractivity contribution in [3.63, 3.8) is 0 Å². The van der Waals surface area contributed by atoms with Crippen LogP contribution in [0.15, 0.2) is 24.3 Å². The van der Waals surface area contributed by atoms with Gasteiger partial charge in [-0.2, -0.15) is 0 Å². The molecule has 2 aliphatic heterocycles. The van der Waals surface area contributed by atoms with Crippen LogP contribution in [-0.2, 0) is 27.3 Å². The zero-order chi connectivity index (χ0) is 19.2. The van der Waals surface area contributed by atoms with Crippen LogP contribution in [-0.4, -0.2) is 43.2 Å². The van der Waals surface area contributed by atoms with Crippen molar-refractivity contribution in [3.8, 4) is 0 Å². The van der Waals surface area contributed by atoms with Crippen LogP contribution >= 0.6 is 0 Å². The zero-order valence-corrected chi connectivity index (χ0v) is 16.3. The topological polar surface area (TPSA) is 79.5 Å². The Morgan fingerprint density at radius 3 is 2.74 bits per heavy atom. The minimum atomic E-state index is -0.516. The molecule has 0 spiro atoms. The average molecular weight is 373 g/mol. The van der Waals surface area contributed by atoms with E-state index in [1.54, 1.807) is 0 Å². The number of rotatable bonds is 7. The van der Waals surface area contributed by atoms with Gasteiger partial charge in [0, 0.05) is 19.7 Å². The molecular weight excluding hydrogens is 342 g/mol. The van der Waals surface area contributed by atoms with Gasteiger partial charge in [0.2, 0.25) is 11.8 Å². The fraction of sp³-hybridized carbons (Fsp3) is 0.619. The summed E-state index contributed by atoms with van der Waals surface area (Å²) in [5.74, 6) is 0.0787. The third kappa shape index (κ3) is 5.53. The molecule has 1 aromatic rings. The molecule has 0 aromatic heterocycles. The van der Waals surface area contributed by atoms with Crippen LogP contribution in [0.25, 0.3) is 0 Å². The van der Waals surface area contributed by atoms with E-state index in [0.29, 0.717) is 31.8 Å². The molecule has 2 heterocycles. The highest BCUT2D eigenvalue weighted by molar-refractivity contribution is 5.90. The third-order valence-corrected chi connectivity index (χ3v) is 5.27. The van der Waals surface area contributed by atoms with Gasteiger partial charge >= 0.3 is 0 Å². The van der Waals surface area contributed by atoms with Crippen molar-refractivity contribution in [2.24, 2.45) is 5.92 Å². The van der Waals surface area contributed by atoms with Crippen LogP contribution in [0.1, 0.15) is 44.2 Å². The van der Waals surface area contributed by atoms with Crippen LogP contribution < -0.4 is 16.0 Å². The van der Waals surface area contributed by atoms with Crippen LogP contribution in [0, 0.1) is 5.92 Å². The molecule has 3 N–H and O–H groups in total. The summed E-state index contributed by atoms with van der Waals surface area (Å²) in [7, 11) is 0. The lowest BCUT2D eigenvalue weighted by Gasteiger charge is -2.28. The Morgan fingerprint density at radius 2 is 2.04 bits per heavy atom. The first kappa shape index (κ1) is 19.8.